The molecule has 2 fully saturated rings. The highest BCUT2D eigenvalue weighted by molar-refractivity contribution is 5.91. The number of aromatic carboxylic acids is 1. The average Bonchev–Trinajstić information content (AvgIpc) is 2.83. The summed E-state index contributed by atoms with van der Waals surface area (Å²) in [6, 6.07) is 7.46. The number of carboxylic acid groups (broad SMARTS) is 1. The number of carboxylic acids is 1. The lowest BCUT2D eigenvalue weighted by Crippen LogP contribution is -2.43. The van der Waals surface area contributed by atoms with E-state index in [1.165, 1.54) is 19.3 Å². The van der Waals surface area contributed by atoms with Gasteiger partial charge < -0.3 is 10.0 Å². The van der Waals surface area contributed by atoms with Crippen LogP contribution in [0.1, 0.15) is 54.9 Å². The van der Waals surface area contributed by atoms with Crippen molar-refractivity contribution in [3.05, 3.63) is 35.4 Å². The summed E-state index contributed by atoms with van der Waals surface area (Å²) in [5.41, 5.74) is 0.856. The minimum absolute atomic E-state index is 0.0793. The predicted octanol–water partition coefficient (Wildman–Crippen LogP) is 3.11. The van der Waals surface area contributed by atoms with Crippen LogP contribution in [0.2, 0.25) is 0 Å². The van der Waals surface area contributed by atoms with E-state index in [4.69, 9.17) is 0 Å². The second-order valence-corrected chi connectivity index (χ2v) is 6.64. The van der Waals surface area contributed by atoms with Gasteiger partial charge in [-0.1, -0.05) is 31.0 Å². The van der Waals surface area contributed by atoms with Crippen molar-refractivity contribution >= 4 is 11.9 Å². The predicted molar refractivity (Wildman–Crippen MR) is 83.8 cm³/mol. The van der Waals surface area contributed by atoms with Crippen LogP contribution in [0.3, 0.4) is 0 Å². The van der Waals surface area contributed by atoms with Gasteiger partial charge in [0.2, 0.25) is 5.91 Å². The van der Waals surface area contributed by atoms with Crippen LogP contribution in [0.4, 0.5) is 0 Å². The molecule has 0 aromatic heterocycles. The van der Waals surface area contributed by atoms with Gasteiger partial charge in [-0.25, -0.2) is 4.79 Å². The van der Waals surface area contributed by atoms with Gasteiger partial charge in [-0.15, -0.1) is 0 Å². The molecule has 1 saturated carbocycles. The summed E-state index contributed by atoms with van der Waals surface area (Å²) >= 11 is 0. The number of fused-ring (bicyclic) bond motifs is 1. The second kappa shape index (κ2) is 6.11. The highest BCUT2D eigenvalue weighted by Crippen LogP contribution is 2.39. The van der Waals surface area contributed by atoms with Crippen LogP contribution in [0.5, 0.6) is 0 Å². The molecule has 0 bridgehead atoms. The van der Waals surface area contributed by atoms with Crippen molar-refractivity contribution in [2.24, 2.45) is 5.92 Å². The maximum absolute atomic E-state index is 12.8. The maximum Gasteiger partial charge on any atom is 0.335 e. The first-order chi connectivity index (χ1) is 10.6. The van der Waals surface area contributed by atoms with Crippen LogP contribution in [0.15, 0.2) is 24.3 Å². The van der Waals surface area contributed by atoms with E-state index in [-0.39, 0.29) is 23.9 Å². The van der Waals surface area contributed by atoms with Crippen molar-refractivity contribution in [3.8, 4) is 0 Å². The smallest absolute Gasteiger partial charge is 0.335 e. The molecule has 1 aromatic rings. The molecule has 118 valence electrons. The molecule has 1 heterocycles. The lowest BCUT2D eigenvalue weighted by atomic mass is 9.85. The fraction of sp³-hybridized carbons (Fsp3) is 0.556. The number of benzene rings is 1. The van der Waals surface area contributed by atoms with Crippen molar-refractivity contribution in [2.75, 3.05) is 0 Å². The lowest BCUT2D eigenvalue weighted by Gasteiger charge is -2.33. The summed E-state index contributed by atoms with van der Waals surface area (Å²) in [5, 5.41) is 9.26. The third-order valence-corrected chi connectivity index (χ3v) is 5.22. The van der Waals surface area contributed by atoms with E-state index >= 15 is 0 Å². The lowest BCUT2D eigenvalue weighted by molar-refractivity contribution is -0.133. The van der Waals surface area contributed by atoms with Crippen LogP contribution in [0, 0.1) is 5.92 Å². The standard InChI is InChI=1S/C18H23NO3/c1-12-10-14-7-3-5-9-16(14)19(12)17(20)11-13-6-2-4-8-15(13)18(21)22/h2,4,6,8,12,14,16H,3,5,7,9-11H2,1H3,(H,21,22). The van der Waals surface area contributed by atoms with Crippen LogP contribution in [0.25, 0.3) is 0 Å². The van der Waals surface area contributed by atoms with Crippen LogP contribution in [-0.2, 0) is 11.2 Å². The van der Waals surface area contributed by atoms with Crippen LogP contribution < -0.4 is 0 Å². The molecular weight excluding hydrogens is 278 g/mol. The fourth-order valence-corrected chi connectivity index (χ4v) is 4.28. The van der Waals surface area contributed by atoms with Crippen molar-refractivity contribution in [3.63, 3.8) is 0 Å². The third kappa shape index (κ3) is 2.74. The molecule has 22 heavy (non-hydrogen) atoms. The first-order valence-corrected chi connectivity index (χ1v) is 8.20. The van der Waals surface area contributed by atoms with Gasteiger partial charge in [0.05, 0.1) is 12.0 Å². The number of rotatable bonds is 3. The van der Waals surface area contributed by atoms with Crippen LogP contribution >= 0.6 is 0 Å². The van der Waals surface area contributed by atoms with Gasteiger partial charge in [-0.3, -0.25) is 4.79 Å². The number of carbonyl (C=O) groups is 2. The fourth-order valence-electron chi connectivity index (χ4n) is 4.28. The summed E-state index contributed by atoms with van der Waals surface area (Å²) < 4.78 is 0. The molecule has 3 unspecified atom stereocenters. The average molecular weight is 301 g/mol. The van der Waals surface area contributed by atoms with Gasteiger partial charge in [0.25, 0.3) is 0 Å². The zero-order chi connectivity index (χ0) is 15.7. The third-order valence-electron chi connectivity index (χ3n) is 5.22. The van der Waals surface area contributed by atoms with Crippen molar-refractivity contribution in [1.82, 2.24) is 4.90 Å². The highest BCUT2D eigenvalue weighted by atomic mass is 16.4. The maximum atomic E-state index is 12.8. The highest BCUT2D eigenvalue weighted by Gasteiger charge is 2.42. The molecule has 1 amide bonds. The minimum atomic E-state index is -0.964. The number of hydrogen-bond donors (Lipinski definition) is 1. The van der Waals surface area contributed by atoms with Gasteiger partial charge >= 0.3 is 5.97 Å². The first-order valence-electron chi connectivity index (χ1n) is 8.20. The number of likely N-dealkylation sites (tertiary alicyclic amines) is 1. The molecule has 1 aromatic carbocycles. The SMILES string of the molecule is CC1CC2CCCCC2N1C(=O)Cc1ccccc1C(=O)O. The minimum Gasteiger partial charge on any atom is -0.478 e. The summed E-state index contributed by atoms with van der Waals surface area (Å²) in [5.74, 6) is -0.244. The molecule has 1 aliphatic heterocycles. The Morgan fingerprint density at radius 1 is 1.23 bits per heavy atom. The molecule has 2 aliphatic rings. The summed E-state index contributed by atoms with van der Waals surface area (Å²) in [6.45, 7) is 2.12. The van der Waals surface area contributed by atoms with E-state index in [9.17, 15) is 14.7 Å². The largest absolute Gasteiger partial charge is 0.478 e. The molecule has 1 saturated heterocycles. The van der Waals surface area contributed by atoms with E-state index in [0.29, 0.717) is 17.5 Å². The molecule has 0 spiro atoms. The number of carbonyl (C=O) groups excluding carboxylic acids is 1. The summed E-state index contributed by atoms with van der Waals surface area (Å²) in [6.07, 6.45) is 6.08. The van der Waals surface area contributed by atoms with E-state index in [0.717, 1.165) is 12.8 Å². The zero-order valence-corrected chi connectivity index (χ0v) is 13.0. The van der Waals surface area contributed by atoms with Gasteiger partial charge in [-0.05, 0) is 43.7 Å². The normalized spacial score (nSPS) is 27.5. The van der Waals surface area contributed by atoms with E-state index < -0.39 is 5.97 Å². The molecular formula is C18H23NO3. The molecule has 1 aliphatic carbocycles. The zero-order valence-electron chi connectivity index (χ0n) is 13.0. The molecule has 1 N–H and O–H groups in total. The topological polar surface area (TPSA) is 57.6 Å². The Kier molecular flexibility index (Phi) is 4.19. The summed E-state index contributed by atoms with van der Waals surface area (Å²) in [4.78, 5) is 26.1. The first kappa shape index (κ1) is 15.1. The summed E-state index contributed by atoms with van der Waals surface area (Å²) in [7, 11) is 0. The van der Waals surface area contributed by atoms with E-state index in [1.807, 2.05) is 4.90 Å². The van der Waals surface area contributed by atoms with Crippen molar-refractivity contribution < 1.29 is 14.7 Å². The van der Waals surface area contributed by atoms with E-state index in [2.05, 4.69) is 6.92 Å². The Bertz CT molecular complexity index is 583. The van der Waals surface area contributed by atoms with Crippen molar-refractivity contribution in [1.29, 1.82) is 0 Å². The molecule has 0 radical (unpaired) electrons. The molecule has 4 nitrogen and oxygen atoms in total. The Morgan fingerprint density at radius 3 is 2.73 bits per heavy atom. The Hall–Kier alpha value is -1.84. The quantitative estimate of drug-likeness (QED) is 0.933. The van der Waals surface area contributed by atoms with E-state index in [1.54, 1.807) is 24.3 Å². The van der Waals surface area contributed by atoms with Gasteiger partial charge in [0.15, 0.2) is 0 Å². The molecule has 4 heteroatoms. The van der Waals surface area contributed by atoms with Gasteiger partial charge in [0.1, 0.15) is 0 Å². The van der Waals surface area contributed by atoms with Gasteiger partial charge in [0, 0.05) is 12.1 Å². The Morgan fingerprint density at radius 2 is 1.95 bits per heavy atom. The molecule has 3 atom stereocenters. The van der Waals surface area contributed by atoms with Gasteiger partial charge in [-0.2, -0.15) is 0 Å². The number of nitrogens with zero attached hydrogens (tertiary/aromatic N) is 1. The molecule has 3 rings (SSSR count). The number of hydrogen-bond acceptors (Lipinski definition) is 2. The Labute approximate surface area is 131 Å². The van der Waals surface area contributed by atoms with Crippen LogP contribution in [-0.4, -0.2) is 34.0 Å². The number of amides is 1. The Balaban J connectivity index is 1.78. The van der Waals surface area contributed by atoms with Crippen molar-refractivity contribution in [2.45, 2.75) is 57.5 Å². The second-order valence-electron chi connectivity index (χ2n) is 6.64. The monoisotopic (exact) mass is 301 g/mol.